The van der Waals surface area contributed by atoms with Crippen LogP contribution in [0, 0.1) is 12.7 Å². The molecule has 0 spiro atoms. The van der Waals surface area contributed by atoms with E-state index in [1.807, 2.05) is 19.9 Å². The van der Waals surface area contributed by atoms with Gasteiger partial charge in [0.15, 0.2) is 0 Å². The molecule has 0 saturated carbocycles. The van der Waals surface area contributed by atoms with Crippen LogP contribution in [0.5, 0.6) is 0 Å². The summed E-state index contributed by atoms with van der Waals surface area (Å²) in [5.74, 6) is -1.69. The van der Waals surface area contributed by atoms with Crippen molar-refractivity contribution in [2.24, 2.45) is 0 Å². The molecule has 0 saturated heterocycles. The van der Waals surface area contributed by atoms with E-state index < -0.39 is 17.9 Å². The number of aryl methyl sites for hydroxylation is 1. The molecule has 168 valence electrons. The number of pyridine rings is 1. The molecule has 2 aromatic carbocycles. The van der Waals surface area contributed by atoms with E-state index in [4.69, 9.17) is 0 Å². The second kappa shape index (κ2) is 9.32. The molecule has 1 unspecified atom stereocenters. The van der Waals surface area contributed by atoms with Crippen molar-refractivity contribution in [1.82, 2.24) is 14.8 Å². The second-order valence-electron chi connectivity index (χ2n) is 8.07. The van der Waals surface area contributed by atoms with Crippen molar-refractivity contribution in [2.45, 2.75) is 26.3 Å². The minimum Gasteiger partial charge on any atom is -0.330 e. The molecule has 7 heteroatoms. The molecule has 1 atom stereocenters. The summed E-state index contributed by atoms with van der Waals surface area (Å²) in [7, 11) is 0. The predicted octanol–water partition coefficient (Wildman–Crippen LogP) is 4.15. The fraction of sp³-hybridized carbons (Fsp3) is 0.231. The number of hydrogen-bond donors (Lipinski definition) is 0. The van der Waals surface area contributed by atoms with Gasteiger partial charge < -0.3 is 4.90 Å². The van der Waals surface area contributed by atoms with Gasteiger partial charge in [-0.3, -0.25) is 24.3 Å². The summed E-state index contributed by atoms with van der Waals surface area (Å²) < 4.78 is 13.6. The topological polar surface area (TPSA) is 70.6 Å². The van der Waals surface area contributed by atoms with Crippen LogP contribution in [0.25, 0.3) is 0 Å². The average Bonchev–Trinajstić information content (AvgIpc) is 3.04. The van der Waals surface area contributed by atoms with Crippen LogP contribution < -0.4 is 0 Å². The van der Waals surface area contributed by atoms with Crippen LogP contribution in [0.1, 0.15) is 56.8 Å². The minimum atomic E-state index is -0.538. The number of aromatic nitrogens is 1. The SMILES string of the molecule is CCCN(C(=O)CN1C(=O)c2ccc(C)cc2C1=O)C(c1ccc(F)cc1)c1cccnc1. The van der Waals surface area contributed by atoms with Crippen molar-refractivity contribution in [3.05, 3.63) is 101 Å². The molecular formula is C26H24FN3O3. The van der Waals surface area contributed by atoms with Gasteiger partial charge in [-0.1, -0.05) is 36.8 Å². The number of benzene rings is 2. The zero-order valence-electron chi connectivity index (χ0n) is 18.5. The molecule has 0 N–H and O–H groups in total. The van der Waals surface area contributed by atoms with Crippen molar-refractivity contribution in [3.8, 4) is 0 Å². The number of hydrogen-bond acceptors (Lipinski definition) is 4. The van der Waals surface area contributed by atoms with Crippen LogP contribution in [-0.2, 0) is 4.79 Å². The zero-order valence-corrected chi connectivity index (χ0v) is 18.5. The molecule has 0 bridgehead atoms. The summed E-state index contributed by atoms with van der Waals surface area (Å²) in [6, 6.07) is 14.1. The van der Waals surface area contributed by atoms with Gasteiger partial charge in [-0.25, -0.2) is 4.39 Å². The largest absolute Gasteiger partial charge is 0.330 e. The number of fused-ring (bicyclic) bond motifs is 1. The summed E-state index contributed by atoms with van der Waals surface area (Å²) in [4.78, 5) is 46.1. The fourth-order valence-electron chi connectivity index (χ4n) is 4.15. The van der Waals surface area contributed by atoms with Crippen molar-refractivity contribution >= 4 is 17.7 Å². The highest BCUT2D eigenvalue weighted by atomic mass is 19.1. The van der Waals surface area contributed by atoms with E-state index in [0.717, 1.165) is 16.0 Å². The van der Waals surface area contributed by atoms with Gasteiger partial charge in [0.05, 0.1) is 17.2 Å². The molecule has 1 aliphatic rings. The van der Waals surface area contributed by atoms with Gasteiger partial charge in [-0.2, -0.15) is 0 Å². The van der Waals surface area contributed by atoms with Crippen LogP contribution in [0.15, 0.2) is 67.0 Å². The molecule has 0 radical (unpaired) electrons. The van der Waals surface area contributed by atoms with Crippen LogP contribution in [-0.4, -0.2) is 45.6 Å². The molecule has 33 heavy (non-hydrogen) atoms. The number of amides is 3. The van der Waals surface area contributed by atoms with Crippen molar-refractivity contribution in [1.29, 1.82) is 0 Å². The maximum Gasteiger partial charge on any atom is 0.262 e. The maximum atomic E-state index is 13.6. The molecule has 0 aliphatic carbocycles. The van der Waals surface area contributed by atoms with Crippen molar-refractivity contribution in [3.63, 3.8) is 0 Å². The first kappa shape index (κ1) is 22.3. The number of carbonyl (C=O) groups is 3. The number of nitrogens with zero attached hydrogens (tertiary/aromatic N) is 3. The quantitative estimate of drug-likeness (QED) is 0.512. The monoisotopic (exact) mass is 445 g/mol. The van der Waals surface area contributed by atoms with Crippen molar-refractivity contribution < 1.29 is 18.8 Å². The molecule has 4 rings (SSSR count). The smallest absolute Gasteiger partial charge is 0.262 e. The van der Waals surface area contributed by atoms with E-state index in [-0.39, 0.29) is 18.3 Å². The van der Waals surface area contributed by atoms with Gasteiger partial charge >= 0.3 is 0 Å². The zero-order chi connectivity index (χ0) is 23.5. The summed E-state index contributed by atoms with van der Waals surface area (Å²) in [5.41, 5.74) is 2.96. The fourth-order valence-corrected chi connectivity index (χ4v) is 4.15. The van der Waals surface area contributed by atoms with Gasteiger partial charge in [-0.05, 0) is 54.8 Å². The normalized spacial score (nSPS) is 13.7. The summed E-state index contributed by atoms with van der Waals surface area (Å²) >= 11 is 0. The second-order valence-corrected chi connectivity index (χ2v) is 8.07. The summed E-state index contributed by atoms with van der Waals surface area (Å²) in [5, 5.41) is 0. The van der Waals surface area contributed by atoms with E-state index in [1.54, 1.807) is 53.7 Å². The lowest BCUT2D eigenvalue weighted by Gasteiger charge is -2.33. The lowest BCUT2D eigenvalue weighted by molar-refractivity contribution is -0.133. The Morgan fingerprint density at radius 2 is 1.76 bits per heavy atom. The number of rotatable bonds is 7. The highest BCUT2D eigenvalue weighted by molar-refractivity contribution is 6.22. The van der Waals surface area contributed by atoms with Gasteiger partial charge in [-0.15, -0.1) is 0 Å². The van der Waals surface area contributed by atoms with E-state index in [9.17, 15) is 18.8 Å². The highest BCUT2D eigenvalue weighted by Crippen LogP contribution is 2.30. The van der Waals surface area contributed by atoms with Crippen LogP contribution in [0.4, 0.5) is 4.39 Å². The number of imide groups is 1. The van der Waals surface area contributed by atoms with E-state index in [1.165, 1.54) is 12.1 Å². The maximum absolute atomic E-state index is 13.6. The molecule has 1 aromatic heterocycles. The van der Waals surface area contributed by atoms with Gasteiger partial charge in [0.25, 0.3) is 11.8 Å². The van der Waals surface area contributed by atoms with Crippen LogP contribution in [0.2, 0.25) is 0 Å². The highest BCUT2D eigenvalue weighted by Gasteiger charge is 2.38. The first-order valence-electron chi connectivity index (χ1n) is 10.8. The Bertz CT molecular complexity index is 1200. The Kier molecular flexibility index (Phi) is 6.31. The standard InChI is InChI=1S/C26H24FN3O3/c1-3-13-29(24(19-5-4-12-28-15-19)18-7-9-20(27)10-8-18)23(31)16-30-25(32)21-11-6-17(2)14-22(21)26(30)33/h4-12,14-15,24H,3,13,16H2,1-2H3. The van der Waals surface area contributed by atoms with Gasteiger partial charge in [0.1, 0.15) is 12.4 Å². The van der Waals surface area contributed by atoms with E-state index >= 15 is 0 Å². The van der Waals surface area contributed by atoms with Gasteiger partial charge in [0.2, 0.25) is 5.91 Å². The van der Waals surface area contributed by atoms with E-state index in [0.29, 0.717) is 29.7 Å². The average molecular weight is 445 g/mol. The van der Waals surface area contributed by atoms with E-state index in [2.05, 4.69) is 4.98 Å². The minimum absolute atomic E-state index is 0.308. The van der Waals surface area contributed by atoms with Gasteiger partial charge in [0, 0.05) is 18.9 Å². The predicted molar refractivity (Wildman–Crippen MR) is 121 cm³/mol. The number of carbonyl (C=O) groups excluding carboxylic acids is 3. The Labute approximate surface area is 191 Å². The number of halogens is 1. The van der Waals surface area contributed by atoms with Crippen LogP contribution >= 0.6 is 0 Å². The van der Waals surface area contributed by atoms with Crippen LogP contribution in [0.3, 0.4) is 0 Å². The molecular weight excluding hydrogens is 421 g/mol. The molecule has 3 aromatic rings. The molecule has 3 amide bonds. The molecule has 2 heterocycles. The first-order valence-corrected chi connectivity index (χ1v) is 10.8. The third-order valence-electron chi connectivity index (χ3n) is 5.70. The van der Waals surface area contributed by atoms with Crippen molar-refractivity contribution in [2.75, 3.05) is 13.1 Å². The lowest BCUT2D eigenvalue weighted by atomic mass is 9.98. The summed E-state index contributed by atoms with van der Waals surface area (Å²) in [6.45, 7) is 3.80. The lowest BCUT2D eigenvalue weighted by Crippen LogP contribution is -2.44. The Hall–Kier alpha value is -3.87. The molecule has 6 nitrogen and oxygen atoms in total. The molecule has 0 fully saturated rings. The third kappa shape index (κ3) is 4.39. The Morgan fingerprint density at radius 3 is 2.42 bits per heavy atom. The summed E-state index contributed by atoms with van der Waals surface area (Å²) in [6.07, 6.45) is 3.96. The third-order valence-corrected chi connectivity index (χ3v) is 5.70. The Morgan fingerprint density at radius 1 is 1.03 bits per heavy atom. The Balaban J connectivity index is 1.67. The first-order chi connectivity index (χ1) is 15.9. The molecule has 1 aliphatic heterocycles.